The second kappa shape index (κ2) is 17.0. The Balaban J connectivity index is 0.000000176. The predicted octanol–water partition coefficient (Wildman–Crippen LogP) is 10.1. The molecule has 0 bridgehead atoms. The van der Waals surface area contributed by atoms with E-state index >= 15 is 0 Å². The summed E-state index contributed by atoms with van der Waals surface area (Å²) in [7, 11) is 0. The summed E-state index contributed by atoms with van der Waals surface area (Å²) >= 11 is 12.5. The predicted molar refractivity (Wildman–Crippen MR) is 191 cm³/mol. The van der Waals surface area contributed by atoms with E-state index in [1.807, 2.05) is 42.5 Å². The van der Waals surface area contributed by atoms with Crippen LogP contribution in [0.1, 0.15) is 103 Å². The summed E-state index contributed by atoms with van der Waals surface area (Å²) in [5, 5.41) is 9.15. The monoisotopic (exact) mass is 780 g/mol. The molecule has 47 heavy (non-hydrogen) atoms. The number of carbonyl (C=O) groups is 4. The number of phenolic OH excluding ortho intramolecular Hbond substituents is 1. The van der Waals surface area contributed by atoms with Gasteiger partial charge in [-0.05, 0) is 105 Å². The molecular weight excluding hydrogens is 748 g/mol. The number of alkyl halides is 1. The van der Waals surface area contributed by atoms with Gasteiger partial charge in [-0.2, -0.15) is 0 Å². The second-order valence-electron chi connectivity index (χ2n) is 11.4. The maximum atomic E-state index is 12.0. The number of halogens is 3. The van der Waals surface area contributed by atoms with Crippen molar-refractivity contribution < 1.29 is 29.0 Å². The van der Waals surface area contributed by atoms with E-state index in [9.17, 15) is 19.2 Å². The molecule has 4 aromatic rings. The van der Waals surface area contributed by atoms with Crippen molar-refractivity contribution in [3.05, 3.63) is 126 Å². The Kier molecular flexibility index (Phi) is 13.1. The van der Waals surface area contributed by atoms with Gasteiger partial charge in [0.05, 0.1) is 0 Å². The SMILES string of the molecule is CC(=O)c1ccc(Br)c(CCl)c1.CC(=O)c1ccc(Br)c(COc2ccc3c(c2)C(=O)CCC3)c1.O=C1CCCc2ccc(O)cc21. The van der Waals surface area contributed by atoms with Crippen LogP contribution in [0.2, 0.25) is 0 Å². The number of carbonyl (C=O) groups excluding carboxylic acids is 4. The average molecular weight is 783 g/mol. The molecule has 6 rings (SSSR count). The molecule has 0 unspecified atom stereocenters. The first-order valence-corrected chi connectivity index (χ1v) is 17.4. The van der Waals surface area contributed by atoms with Crippen LogP contribution in [-0.4, -0.2) is 28.2 Å². The van der Waals surface area contributed by atoms with E-state index in [4.69, 9.17) is 21.4 Å². The Bertz CT molecular complexity index is 1820. The molecule has 4 aromatic carbocycles. The number of Topliss-reactive ketones (excluding diaryl/α,β-unsaturated/α-hetero) is 4. The van der Waals surface area contributed by atoms with E-state index in [1.165, 1.54) is 0 Å². The van der Waals surface area contributed by atoms with Crippen molar-refractivity contribution in [2.45, 2.75) is 64.9 Å². The van der Waals surface area contributed by atoms with Crippen LogP contribution in [0.4, 0.5) is 0 Å². The largest absolute Gasteiger partial charge is 0.508 e. The van der Waals surface area contributed by atoms with Gasteiger partial charge in [-0.25, -0.2) is 0 Å². The van der Waals surface area contributed by atoms with Crippen molar-refractivity contribution in [3.63, 3.8) is 0 Å². The minimum atomic E-state index is 0.0260. The highest BCUT2D eigenvalue weighted by atomic mass is 79.9. The molecule has 0 aromatic heterocycles. The average Bonchev–Trinajstić information content (AvgIpc) is 3.05. The third-order valence-corrected chi connectivity index (χ3v) is 9.75. The van der Waals surface area contributed by atoms with Crippen molar-refractivity contribution in [1.29, 1.82) is 0 Å². The number of aryl methyl sites for hydroxylation is 2. The van der Waals surface area contributed by atoms with E-state index in [-0.39, 0.29) is 28.9 Å². The smallest absolute Gasteiger partial charge is 0.163 e. The van der Waals surface area contributed by atoms with Gasteiger partial charge in [-0.1, -0.05) is 56.1 Å². The topological polar surface area (TPSA) is 97.7 Å². The van der Waals surface area contributed by atoms with Crippen molar-refractivity contribution in [2.75, 3.05) is 0 Å². The lowest BCUT2D eigenvalue weighted by Gasteiger charge is -2.16. The third-order valence-electron chi connectivity index (χ3n) is 7.92. The van der Waals surface area contributed by atoms with Gasteiger partial charge in [0.1, 0.15) is 18.1 Å². The van der Waals surface area contributed by atoms with Gasteiger partial charge in [-0.15, -0.1) is 11.6 Å². The molecule has 0 spiro atoms. The molecule has 0 radical (unpaired) electrons. The molecule has 2 aliphatic carbocycles. The summed E-state index contributed by atoms with van der Waals surface area (Å²) in [5.41, 5.74) is 6.89. The fourth-order valence-electron chi connectivity index (χ4n) is 5.27. The van der Waals surface area contributed by atoms with Crippen LogP contribution in [-0.2, 0) is 25.3 Å². The standard InChI is InChI=1S/C19H17BrO3.C10H10O2.C9H8BrClO/c1-12(21)14-6-8-18(20)15(9-14)11-23-16-7-5-13-3-2-4-19(22)17(13)10-16;11-8-5-4-7-2-1-3-10(12)9(7)6-8;1-6(12)7-2-3-9(10)8(4-7)5-11/h5-10H,2-4,11H2,1H3;4-6,11H,1-3H2;2-4H,5H2,1H3. The second-order valence-corrected chi connectivity index (χ2v) is 13.3. The number of hydrogen-bond acceptors (Lipinski definition) is 6. The van der Waals surface area contributed by atoms with Gasteiger partial charge in [0.2, 0.25) is 0 Å². The third kappa shape index (κ3) is 9.95. The normalized spacial score (nSPS) is 13.2. The summed E-state index contributed by atoms with van der Waals surface area (Å²) in [6.07, 6.45) is 5.02. The van der Waals surface area contributed by atoms with Gasteiger partial charge in [0.25, 0.3) is 0 Å². The number of phenols is 1. The lowest BCUT2D eigenvalue weighted by atomic mass is 9.90. The minimum absolute atomic E-state index is 0.0260. The number of fused-ring (bicyclic) bond motifs is 2. The van der Waals surface area contributed by atoms with Crippen LogP contribution in [0.15, 0.2) is 81.7 Å². The Morgan fingerprint density at radius 2 is 1.21 bits per heavy atom. The number of hydrogen-bond donors (Lipinski definition) is 1. The van der Waals surface area contributed by atoms with E-state index in [2.05, 4.69) is 31.9 Å². The maximum absolute atomic E-state index is 12.0. The Hall–Kier alpha value is -3.59. The Morgan fingerprint density at radius 3 is 1.77 bits per heavy atom. The highest BCUT2D eigenvalue weighted by Gasteiger charge is 2.18. The Morgan fingerprint density at radius 1 is 0.702 bits per heavy atom. The molecule has 0 aliphatic heterocycles. The van der Waals surface area contributed by atoms with Gasteiger partial charge in [0, 0.05) is 55.5 Å². The van der Waals surface area contributed by atoms with Gasteiger partial charge in [0.15, 0.2) is 23.1 Å². The van der Waals surface area contributed by atoms with E-state index in [1.54, 1.807) is 44.2 Å². The lowest BCUT2D eigenvalue weighted by Crippen LogP contribution is -2.11. The van der Waals surface area contributed by atoms with Crippen LogP contribution < -0.4 is 4.74 Å². The van der Waals surface area contributed by atoms with Crippen LogP contribution in [0.3, 0.4) is 0 Å². The first-order valence-electron chi connectivity index (χ1n) is 15.3. The zero-order chi connectivity index (χ0) is 34.1. The molecule has 1 N–H and O–H groups in total. The van der Waals surface area contributed by atoms with Crippen molar-refractivity contribution >= 4 is 66.6 Å². The molecule has 0 saturated heterocycles. The molecule has 0 fully saturated rings. The van der Waals surface area contributed by atoms with Gasteiger partial charge in [-0.3, -0.25) is 19.2 Å². The lowest BCUT2D eigenvalue weighted by molar-refractivity contribution is 0.0964. The summed E-state index contributed by atoms with van der Waals surface area (Å²) in [4.78, 5) is 45.8. The molecule has 244 valence electrons. The van der Waals surface area contributed by atoms with Crippen molar-refractivity contribution in [2.24, 2.45) is 0 Å². The summed E-state index contributed by atoms with van der Waals surface area (Å²) < 4.78 is 7.67. The van der Waals surface area contributed by atoms with Crippen LogP contribution in [0, 0.1) is 0 Å². The highest BCUT2D eigenvalue weighted by Crippen LogP contribution is 2.28. The molecule has 0 atom stereocenters. The number of ether oxygens (including phenoxy) is 1. The summed E-state index contributed by atoms with van der Waals surface area (Å²) in [5.74, 6) is 1.72. The molecule has 0 saturated carbocycles. The fourth-order valence-corrected chi connectivity index (χ4v) is 6.41. The number of aromatic hydroxyl groups is 1. The van der Waals surface area contributed by atoms with Crippen molar-refractivity contribution in [3.8, 4) is 11.5 Å². The highest BCUT2D eigenvalue weighted by molar-refractivity contribution is 9.10. The minimum Gasteiger partial charge on any atom is -0.508 e. The first kappa shape index (κ1) is 36.2. The van der Waals surface area contributed by atoms with Crippen LogP contribution in [0.25, 0.3) is 0 Å². The zero-order valence-corrected chi connectivity index (χ0v) is 30.1. The fraction of sp³-hybridized carbons (Fsp3) is 0.263. The summed E-state index contributed by atoms with van der Waals surface area (Å²) in [6.45, 7) is 3.43. The Labute approximate surface area is 296 Å². The molecule has 2 aliphatic rings. The van der Waals surface area contributed by atoms with E-state index < -0.39 is 0 Å². The van der Waals surface area contributed by atoms with E-state index in [0.29, 0.717) is 47.8 Å². The molecule has 0 heterocycles. The zero-order valence-electron chi connectivity index (χ0n) is 26.2. The number of ketones is 4. The molecule has 6 nitrogen and oxygen atoms in total. The first-order chi connectivity index (χ1) is 22.5. The van der Waals surface area contributed by atoms with Gasteiger partial charge < -0.3 is 9.84 Å². The van der Waals surface area contributed by atoms with Crippen LogP contribution in [0.5, 0.6) is 11.5 Å². The maximum Gasteiger partial charge on any atom is 0.163 e. The van der Waals surface area contributed by atoms with Crippen molar-refractivity contribution in [1.82, 2.24) is 0 Å². The van der Waals surface area contributed by atoms with Crippen LogP contribution >= 0.6 is 43.5 Å². The molecule has 0 amide bonds. The van der Waals surface area contributed by atoms with E-state index in [0.717, 1.165) is 62.4 Å². The summed E-state index contributed by atoms with van der Waals surface area (Å²) in [6, 6.07) is 21.6. The number of rotatable bonds is 6. The molecular formula is C38H35Br2ClO6. The van der Waals surface area contributed by atoms with Gasteiger partial charge >= 0.3 is 0 Å². The number of benzene rings is 4. The molecule has 9 heteroatoms. The quantitative estimate of drug-likeness (QED) is 0.155.